The lowest BCUT2D eigenvalue weighted by atomic mass is 10.1. The molecule has 39 heavy (non-hydrogen) atoms. The van der Waals surface area contributed by atoms with E-state index < -0.39 is 20.2 Å². The van der Waals surface area contributed by atoms with Gasteiger partial charge in [-0.05, 0) is 50.0 Å². The molecule has 212 valence electrons. The highest BCUT2D eigenvalue weighted by Gasteiger charge is 2.35. The number of aromatic nitrogens is 1. The zero-order valence-corrected chi connectivity index (χ0v) is 25.5. The third-order valence-corrected chi connectivity index (χ3v) is 10.7. The molecule has 8 nitrogen and oxygen atoms in total. The standard InChI is InChI=1S/C26H31ClN2O6S4/c1-19(16-25-28(12-4-6-14-38(30,31)32)21-8-2-3-9-23(21)36-25)17-26-29(13-5-7-15-39(33,34)35)22-18-20(27)10-11-24(22)37-26/h2-3,8-11,16-18,21,23H,4-7,12-15H2,1H3,(H-,30,31,32,33,34,35)/p+1. The van der Waals surface area contributed by atoms with E-state index in [1.165, 1.54) is 0 Å². The maximum absolute atomic E-state index is 11.1. The lowest BCUT2D eigenvalue weighted by molar-refractivity contribution is -0.669. The topological polar surface area (TPSA) is 116 Å². The number of thioether (sulfide) groups is 1. The van der Waals surface area contributed by atoms with Gasteiger partial charge in [0.1, 0.15) is 4.70 Å². The Morgan fingerprint density at radius 1 is 1.05 bits per heavy atom. The van der Waals surface area contributed by atoms with Crippen LogP contribution in [-0.2, 0) is 26.8 Å². The summed E-state index contributed by atoms with van der Waals surface area (Å²) < 4.78 is 65.9. The molecule has 2 heterocycles. The molecule has 2 unspecified atom stereocenters. The van der Waals surface area contributed by atoms with Gasteiger partial charge in [-0.1, -0.05) is 59.0 Å². The Balaban J connectivity index is 1.58. The molecule has 0 bridgehead atoms. The minimum Gasteiger partial charge on any atom is -0.358 e. The number of unbranched alkanes of at least 4 members (excludes halogenated alkanes) is 2. The first kappa shape index (κ1) is 30.3. The molecule has 0 radical (unpaired) electrons. The second-order valence-corrected chi connectivity index (χ2v) is 15.4. The van der Waals surface area contributed by atoms with Crippen LogP contribution in [0.15, 0.2) is 59.2 Å². The Kier molecular flexibility index (Phi) is 10.0. The highest BCUT2D eigenvalue weighted by atomic mass is 35.5. The maximum atomic E-state index is 11.1. The first-order chi connectivity index (χ1) is 18.4. The summed E-state index contributed by atoms with van der Waals surface area (Å²) >= 11 is 9.69. The summed E-state index contributed by atoms with van der Waals surface area (Å²) in [4.78, 5) is 2.30. The average Bonchev–Trinajstić information content (AvgIpc) is 3.35. The summed E-state index contributed by atoms with van der Waals surface area (Å²) in [6.45, 7) is 3.30. The summed E-state index contributed by atoms with van der Waals surface area (Å²) in [5.41, 5.74) is 2.01. The quantitative estimate of drug-likeness (QED) is 0.183. The van der Waals surface area contributed by atoms with Gasteiger partial charge in [-0.25, -0.2) is 0 Å². The van der Waals surface area contributed by atoms with Gasteiger partial charge >= 0.3 is 0 Å². The molecule has 1 aliphatic carbocycles. The zero-order chi connectivity index (χ0) is 28.2. The molecule has 2 N–H and O–H groups in total. The van der Waals surface area contributed by atoms with Gasteiger partial charge in [0.15, 0.2) is 6.54 Å². The van der Waals surface area contributed by atoms with Crippen molar-refractivity contribution >= 4 is 71.2 Å². The molecule has 0 saturated carbocycles. The van der Waals surface area contributed by atoms with Crippen molar-refractivity contribution in [3.63, 3.8) is 0 Å². The van der Waals surface area contributed by atoms with E-state index in [1.807, 2.05) is 37.3 Å². The maximum Gasteiger partial charge on any atom is 0.264 e. The molecule has 0 spiro atoms. The van der Waals surface area contributed by atoms with Crippen LogP contribution in [-0.4, -0.2) is 60.2 Å². The van der Waals surface area contributed by atoms with Crippen LogP contribution in [0, 0.1) is 0 Å². The second kappa shape index (κ2) is 12.9. The van der Waals surface area contributed by atoms with Crippen molar-refractivity contribution in [2.75, 3.05) is 18.1 Å². The fourth-order valence-corrected chi connectivity index (χ4v) is 8.57. The van der Waals surface area contributed by atoms with Crippen molar-refractivity contribution in [1.82, 2.24) is 4.90 Å². The van der Waals surface area contributed by atoms with E-state index in [0.717, 1.165) is 25.8 Å². The van der Waals surface area contributed by atoms with Crippen molar-refractivity contribution in [2.45, 2.75) is 50.4 Å². The van der Waals surface area contributed by atoms with E-state index in [0.29, 0.717) is 43.8 Å². The molecule has 4 rings (SSSR count). The number of fused-ring (bicyclic) bond motifs is 2. The first-order valence-corrected chi connectivity index (χ1v) is 17.9. The lowest BCUT2D eigenvalue weighted by Gasteiger charge is -2.27. The molecule has 1 aromatic heterocycles. The molecule has 1 fully saturated rings. The number of thiazole rings is 1. The van der Waals surface area contributed by atoms with Crippen molar-refractivity contribution < 1.29 is 30.5 Å². The van der Waals surface area contributed by atoms with Crippen molar-refractivity contribution in [3.05, 3.63) is 69.2 Å². The van der Waals surface area contributed by atoms with Crippen LogP contribution in [0.2, 0.25) is 5.02 Å². The van der Waals surface area contributed by atoms with E-state index in [9.17, 15) is 16.8 Å². The first-order valence-electron chi connectivity index (χ1n) is 12.6. The van der Waals surface area contributed by atoms with Gasteiger partial charge in [0.2, 0.25) is 5.52 Å². The Bertz CT molecular complexity index is 1540. The highest BCUT2D eigenvalue weighted by Crippen LogP contribution is 2.42. The van der Waals surface area contributed by atoms with E-state index in [4.69, 9.17) is 20.7 Å². The van der Waals surface area contributed by atoms with Crippen molar-refractivity contribution in [1.29, 1.82) is 0 Å². The van der Waals surface area contributed by atoms with Crippen LogP contribution < -0.4 is 4.57 Å². The van der Waals surface area contributed by atoms with Gasteiger partial charge in [-0.2, -0.15) is 21.4 Å². The normalized spacial score (nSPS) is 20.9. The largest absolute Gasteiger partial charge is 0.358 e. The van der Waals surface area contributed by atoms with E-state index in [2.05, 4.69) is 33.8 Å². The Morgan fingerprint density at radius 3 is 2.46 bits per heavy atom. The fraction of sp³-hybridized carbons (Fsp3) is 0.423. The van der Waals surface area contributed by atoms with Gasteiger partial charge in [-0.15, -0.1) is 0 Å². The van der Waals surface area contributed by atoms with Crippen LogP contribution in [0.25, 0.3) is 16.3 Å². The van der Waals surface area contributed by atoms with Crippen molar-refractivity contribution in [2.24, 2.45) is 0 Å². The predicted octanol–water partition coefficient (Wildman–Crippen LogP) is 5.33. The fourth-order valence-electron chi connectivity index (χ4n) is 4.66. The third kappa shape index (κ3) is 8.66. The molecule has 2 atom stereocenters. The van der Waals surface area contributed by atoms with Gasteiger partial charge in [-0.3, -0.25) is 9.11 Å². The van der Waals surface area contributed by atoms with Crippen LogP contribution in [0.5, 0.6) is 0 Å². The van der Waals surface area contributed by atoms with Gasteiger partial charge in [0, 0.05) is 30.1 Å². The summed E-state index contributed by atoms with van der Waals surface area (Å²) in [5, 5.41) is 3.01. The van der Waals surface area contributed by atoms with E-state index in [-0.39, 0.29) is 22.8 Å². The highest BCUT2D eigenvalue weighted by molar-refractivity contribution is 8.04. The minimum absolute atomic E-state index is 0.184. The average molecular weight is 632 g/mol. The third-order valence-electron chi connectivity index (χ3n) is 6.44. The summed E-state index contributed by atoms with van der Waals surface area (Å²) in [6, 6.07) is 5.92. The Hall–Kier alpha value is -1.67. The van der Waals surface area contributed by atoms with Crippen LogP contribution in [0.1, 0.15) is 37.6 Å². The molecule has 13 heteroatoms. The number of benzene rings is 1. The Labute approximate surface area is 243 Å². The summed E-state index contributed by atoms with van der Waals surface area (Å²) in [7, 11) is -7.96. The van der Waals surface area contributed by atoms with Crippen LogP contribution >= 0.6 is 34.7 Å². The number of rotatable bonds is 12. The van der Waals surface area contributed by atoms with Crippen LogP contribution in [0.4, 0.5) is 0 Å². The molecule has 1 aromatic carbocycles. The molecule has 1 aliphatic heterocycles. The van der Waals surface area contributed by atoms with E-state index in [1.54, 1.807) is 23.1 Å². The summed E-state index contributed by atoms with van der Waals surface area (Å²) in [5.74, 6) is -0.509. The molecule has 1 saturated heterocycles. The number of hydrogen-bond acceptors (Lipinski definition) is 7. The number of hydrogen-bond donors (Lipinski definition) is 2. The van der Waals surface area contributed by atoms with Gasteiger partial charge < -0.3 is 4.90 Å². The van der Waals surface area contributed by atoms with Crippen molar-refractivity contribution in [3.8, 4) is 0 Å². The molecule has 2 aromatic rings. The summed E-state index contributed by atoms with van der Waals surface area (Å²) in [6.07, 6.45) is 14.6. The SMILES string of the molecule is CC(=Cc1sc2ccc(Cl)cc2[n+]1CCCCS(=O)(=O)O)C=C1SC2C=CC=CC2N1CCCCS(=O)(=O)O. The number of nitrogens with zero attached hydrogens (tertiary/aromatic N) is 2. The number of allylic oxidation sites excluding steroid dienone is 4. The minimum atomic E-state index is -3.99. The smallest absolute Gasteiger partial charge is 0.264 e. The number of halogens is 1. The molecular formula is C26H32ClN2O6S4+. The molecule has 2 aliphatic rings. The predicted molar refractivity (Wildman–Crippen MR) is 160 cm³/mol. The van der Waals surface area contributed by atoms with Crippen LogP contribution in [0.3, 0.4) is 0 Å². The lowest BCUT2D eigenvalue weighted by Crippen LogP contribution is -2.35. The molecular weight excluding hydrogens is 600 g/mol. The zero-order valence-electron chi connectivity index (χ0n) is 21.4. The Morgan fingerprint density at radius 2 is 1.74 bits per heavy atom. The van der Waals surface area contributed by atoms with Gasteiger partial charge in [0.25, 0.3) is 25.2 Å². The monoisotopic (exact) mass is 631 g/mol. The molecule has 0 amide bonds. The second-order valence-electron chi connectivity index (χ2n) is 9.60. The van der Waals surface area contributed by atoms with E-state index >= 15 is 0 Å². The van der Waals surface area contributed by atoms with Gasteiger partial charge in [0.05, 0.1) is 27.8 Å². The number of aryl methyl sites for hydroxylation is 1.